The summed E-state index contributed by atoms with van der Waals surface area (Å²) in [6.45, 7) is 3.43. The van der Waals surface area contributed by atoms with Gasteiger partial charge in [-0.3, -0.25) is 0 Å². The van der Waals surface area contributed by atoms with Gasteiger partial charge in [0, 0.05) is 10.6 Å². The average molecular weight is 281 g/mol. The molecule has 19 heavy (non-hydrogen) atoms. The molecule has 0 aromatic heterocycles. The van der Waals surface area contributed by atoms with Crippen molar-refractivity contribution in [2.24, 2.45) is 0 Å². The molecule has 0 aliphatic rings. The van der Waals surface area contributed by atoms with Crippen LogP contribution in [0.1, 0.15) is 24.2 Å². The zero-order valence-electron chi connectivity index (χ0n) is 10.7. The van der Waals surface area contributed by atoms with Gasteiger partial charge < -0.3 is 9.84 Å². The van der Waals surface area contributed by atoms with Crippen molar-refractivity contribution in [3.8, 4) is 11.5 Å². The second-order valence-corrected chi connectivity index (χ2v) is 4.78. The van der Waals surface area contributed by atoms with Crippen LogP contribution in [0.15, 0.2) is 36.4 Å². The fourth-order valence-electron chi connectivity index (χ4n) is 1.75. The molecule has 0 amide bonds. The van der Waals surface area contributed by atoms with Gasteiger partial charge in [0.1, 0.15) is 17.3 Å². The first-order valence-corrected chi connectivity index (χ1v) is 6.26. The molecule has 0 fully saturated rings. The summed E-state index contributed by atoms with van der Waals surface area (Å²) in [6.07, 6.45) is -0.806. The van der Waals surface area contributed by atoms with Gasteiger partial charge in [-0.25, -0.2) is 4.39 Å². The van der Waals surface area contributed by atoms with Gasteiger partial charge in [-0.1, -0.05) is 11.6 Å². The molecular formula is C15H14ClFO2. The second-order valence-electron chi connectivity index (χ2n) is 4.37. The highest BCUT2D eigenvalue weighted by molar-refractivity contribution is 6.31. The molecule has 0 saturated carbocycles. The highest BCUT2D eigenvalue weighted by Gasteiger charge is 2.11. The van der Waals surface area contributed by atoms with Crippen molar-refractivity contribution < 1.29 is 14.2 Å². The molecule has 0 aliphatic carbocycles. The third-order valence-electron chi connectivity index (χ3n) is 2.78. The lowest BCUT2D eigenvalue weighted by Crippen LogP contribution is -1.97. The van der Waals surface area contributed by atoms with Crippen molar-refractivity contribution in [2.75, 3.05) is 0 Å². The van der Waals surface area contributed by atoms with E-state index in [0.717, 1.165) is 5.56 Å². The van der Waals surface area contributed by atoms with E-state index in [1.165, 1.54) is 18.2 Å². The number of ether oxygens (including phenoxy) is 1. The summed E-state index contributed by atoms with van der Waals surface area (Å²) >= 11 is 5.94. The van der Waals surface area contributed by atoms with E-state index in [1.54, 1.807) is 25.1 Å². The molecule has 1 N–H and O–H groups in total. The third-order valence-corrected chi connectivity index (χ3v) is 3.20. The standard InChI is InChI=1S/C15H14ClFO2/c1-9-7-12(4-5-14(9)16)19-15-6-3-11(17)8-13(15)10(2)18/h3-8,10,18H,1-2H3. The van der Waals surface area contributed by atoms with Crippen LogP contribution in [-0.4, -0.2) is 5.11 Å². The summed E-state index contributed by atoms with van der Waals surface area (Å²) in [4.78, 5) is 0. The molecule has 1 unspecified atom stereocenters. The first-order chi connectivity index (χ1) is 8.97. The number of halogens is 2. The van der Waals surface area contributed by atoms with Gasteiger partial charge in [0.05, 0.1) is 6.10 Å². The van der Waals surface area contributed by atoms with E-state index in [2.05, 4.69) is 0 Å². The maximum Gasteiger partial charge on any atom is 0.133 e. The normalized spacial score (nSPS) is 12.3. The fraction of sp³-hybridized carbons (Fsp3) is 0.200. The van der Waals surface area contributed by atoms with E-state index in [1.807, 2.05) is 6.92 Å². The zero-order valence-corrected chi connectivity index (χ0v) is 11.4. The molecule has 0 spiro atoms. The number of aryl methyl sites for hydroxylation is 1. The number of hydrogen-bond donors (Lipinski definition) is 1. The molecule has 100 valence electrons. The summed E-state index contributed by atoms with van der Waals surface area (Å²) in [7, 11) is 0. The minimum absolute atomic E-state index is 0.407. The van der Waals surface area contributed by atoms with Crippen LogP contribution < -0.4 is 4.74 Å². The van der Waals surface area contributed by atoms with Gasteiger partial charge in [-0.05, 0) is 55.8 Å². The summed E-state index contributed by atoms with van der Waals surface area (Å²) < 4.78 is 18.9. The summed E-state index contributed by atoms with van der Waals surface area (Å²) in [5.41, 5.74) is 1.30. The SMILES string of the molecule is Cc1cc(Oc2ccc(F)cc2C(C)O)ccc1Cl. The van der Waals surface area contributed by atoms with E-state index in [9.17, 15) is 9.50 Å². The predicted molar refractivity (Wildman–Crippen MR) is 73.3 cm³/mol. The Kier molecular flexibility index (Phi) is 4.08. The van der Waals surface area contributed by atoms with Gasteiger partial charge in [0.25, 0.3) is 0 Å². The summed E-state index contributed by atoms with van der Waals surface area (Å²) in [5, 5.41) is 10.3. The van der Waals surface area contributed by atoms with Crippen LogP contribution >= 0.6 is 11.6 Å². The van der Waals surface area contributed by atoms with Crippen molar-refractivity contribution in [3.05, 3.63) is 58.4 Å². The van der Waals surface area contributed by atoms with E-state index >= 15 is 0 Å². The quantitative estimate of drug-likeness (QED) is 0.888. The van der Waals surface area contributed by atoms with E-state index < -0.39 is 11.9 Å². The monoisotopic (exact) mass is 280 g/mol. The number of benzene rings is 2. The smallest absolute Gasteiger partial charge is 0.133 e. The molecule has 0 bridgehead atoms. The van der Waals surface area contributed by atoms with Gasteiger partial charge in [0.2, 0.25) is 0 Å². The molecule has 1 atom stereocenters. The van der Waals surface area contributed by atoms with Crippen LogP contribution in [0.2, 0.25) is 5.02 Å². The Morgan fingerprint density at radius 1 is 1.21 bits per heavy atom. The molecule has 0 heterocycles. The van der Waals surface area contributed by atoms with E-state index in [-0.39, 0.29) is 0 Å². The van der Waals surface area contributed by atoms with Crippen molar-refractivity contribution in [2.45, 2.75) is 20.0 Å². The highest BCUT2D eigenvalue weighted by atomic mass is 35.5. The largest absolute Gasteiger partial charge is 0.457 e. The number of hydrogen-bond acceptors (Lipinski definition) is 2. The topological polar surface area (TPSA) is 29.5 Å². The Morgan fingerprint density at radius 2 is 1.95 bits per heavy atom. The zero-order chi connectivity index (χ0) is 14.0. The van der Waals surface area contributed by atoms with Crippen LogP contribution in [0.5, 0.6) is 11.5 Å². The van der Waals surface area contributed by atoms with Crippen molar-refractivity contribution in [1.29, 1.82) is 0 Å². The van der Waals surface area contributed by atoms with Crippen LogP contribution in [0.4, 0.5) is 4.39 Å². The van der Waals surface area contributed by atoms with Crippen LogP contribution in [-0.2, 0) is 0 Å². The first kappa shape index (κ1) is 13.8. The summed E-state index contributed by atoms with van der Waals surface area (Å²) in [6, 6.07) is 9.31. The van der Waals surface area contributed by atoms with Gasteiger partial charge in [0.15, 0.2) is 0 Å². The van der Waals surface area contributed by atoms with Crippen LogP contribution in [0.3, 0.4) is 0 Å². The Bertz CT molecular complexity index is 597. The molecule has 0 saturated heterocycles. The third kappa shape index (κ3) is 3.25. The number of aliphatic hydroxyl groups excluding tert-OH is 1. The lowest BCUT2D eigenvalue weighted by atomic mass is 10.1. The van der Waals surface area contributed by atoms with Crippen LogP contribution in [0.25, 0.3) is 0 Å². The molecule has 0 radical (unpaired) electrons. The Balaban J connectivity index is 2.35. The Labute approximate surface area is 116 Å². The minimum Gasteiger partial charge on any atom is -0.457 e. The highest BCUT2D eigenvalue weighted by Crippen LogP contribution is 2.31. The first-order valence-electron chi connectivity index (χ1n) is 5.89. The van der Waals surface area contributed by atoms with Crippen molar-refractivity contribution >= 4 is 11.6 Å². The van der Waals surface area contributed by atoms with Gasteiger partial charge in [-0.15, -0.1) is 0 Å². The molecule has 2 aromatic carbocycles. The maximum atomic E-state index is 13.2. The summed E-state index contributed by atoms with van der Waals surface area (Å²) in [5.74, 6) is 0.615. The molecule has 2 rings (SSSR count). The van der Waals surface area contributed by atoms with Crippen molar-refractivity contribution in [1.82, 2.24) is 0 Å². The Hall–Kier alpha value is -1.58. The molecular weight excluding hydrogens is 267 g/mol. The fourth-order valence-corrected chi connectivity index (χ4v) is 1.86. The average Bonchev–Trinajstić information content (AvgIpc) is 2.36. The van der Waals surface area contributed by atoms with Gasteiger partial charge in [-0.2, -0.15) is 0 Å². The molecule has 0 aliphatic heterocycles. The lowest BCUT2D eigenvalue weighted by molar-refractivity contribution is 0.195. The minimum atomic E-state index is -0.806. The number of aliphatic hydroxyl groups is 1. The number of rotatable bonds is 3. The molecule has 2 nitrogen and oxygen atoms in total. The predicted octanol–water partition coefficient (Wildman–Crippen LogP) is 4.63. The Morgan fingerprint density at radius 3 is 2.58 bits per heavy atom. The van der Waals surface area contributed by atoms with Crippen LogP contribution in [0, 0.1) is 12.7 Å². The van der Waals surface area contributed by atoms with Crippen molar-refractivity contribution in [3.63, 3.8) is 0 Å². The molecule has 4 heteroatoms. The molecule has 2 aromatic rings. The lowest BCUT2D eigenvalue weighted by Gasteiger charge is -2.13. The maximum absolute atomic E-state index is 13.2. The van der Waals surface area contributed by atoms with E-state index in [4.69, 9.17) is 16.3 Å². The van der Waals surface area contributed by atoms with E-state index in [0.29, 0.717) is 22.1 Å². The second kappa shape index (κ2) is 5.59. The van der Waals surface area contributed by atoms with Gasteiger partial charge >= 0.3 is 0 Å².